The molecule has 1 amide bonds. The summed E-state index contributed by atoms with van der Waals surface area (Å²) in [7, 11) is 0. The van der Waals surface area contributed by atoms with Crippen molar-refractivity contribution in [3.05, 3.63) is 46.2 Å². The number of carbonyl (C=O) groups excluding carboxylic acids is 1. The van der Waals surface area contributed by atoms with Crippen LogP contribution in [0.1, 0.15) is 28.9 Å². The Morgan fingerprint density at radius 1 is 1.38 bits per heavy atom. The summed E-state index contributed by atoms with van der Waals surface area (Å²) in [5.74, 6) is -1.48. The molecule has 1 unspecified atom stereocenters. The van der Waals surface area contributed by atoms with Crippen LogP contribution in [0.25, 0.3) is 5.69 Å². The molecule has 0 radical (unpaired) electrons. The van der Waals surface area contributed by atoms with E-state index in [1.165, 1.54) is 0 Å². The zero-order valence-electron chi connectivity index (χ0n) is 13.3. The van der Waals surface area contributed by atoms with Crippen LogP contribution in [0.2, 0.25) is 0 Å². The third-order valence-corrected chi connectivity index (χ3v) is 4.84. The van der Waals surface area contributed by atoms with Crippen LogP contribution in [-0.4, -0.2) is 44.8 Å². The second-order valence-corrected chi connectivity index (χ2v) is 6.88. The first-order valence-corrected chi connectivity index (χ1v) is 8.59. The molecule has 6 nitrogen and oxygen atoms in total. The van der Waals surface area contributed by atoms with Gasteiger partial charge in [-0.1, -0.05) is 22.0 Å². The summed E-state index contributed by atoms with van der Waals surface area (Å²) in [6, 6.07) is 7.67. The number of nitrogens with zero attached hydrogens (tertiary/aromatic N) is 3. The normalized spacial score (nSPS) is 17.8. The second-order valence-electron chi connectivity index (χ2n) is 5.96. The molecule has 7 heteroatoms. The van der Waals surface area contributed by atoms with Crippen LogP contribution in [0.3, 0.4) is 0 Å². The van der Waals surface area contributed by atoms with E-state index in [9.17, 15) is 14.7 Å². The van der Waals surface area contributed by atoms with Gasteiger partial charge in [0, 0.05) is 17.6 Å². The van der Waals surface area contributed by atoms with Crippen molar-refractivity contribution in [2.24, 2.45) is 5.92 Å². The second kappa shape index (κ2) is 6.76. The van der Waals surface area contributed by atoms with Crippen LogP contribution < -0.4 is 0 Å². The first-order valence-electron chi connectivity index (χ1n) is 7.80. The van der Waals surface area contributed by atoms with Gasteiger partial charge in [-0.3, -0.25) is 9.59 Å². The Hall–Kier alpha value is -2.15. The third-order valence-electron chi connectivity index (χ3n) is 4.35. The summed E-state index contributed by atoms with van der Waals surface area (Å²) in [6.45, 7) is 2.69. The molecule has 0 saturated carbocycles. The quantitative estimate of drug-likeness (QED) is 0.872. The van der Waals surface area contributed by atoms with E-state index >= 15 is 0 Å². The molecule has 126 valence electrons. The van der Waals surface area contributed by atoms with Gasteiger partial charge in [-0.05, 0) is 38.0 Å². The number of piperidine rings is 1. The number of carboxylic acid groups (broad SMARTS) is 1. The summed E-state index contributed by atoms with van der Waals surface area (Å²) in [5, 5.41) is 13.5. The van der Waals surface area contributed by atoms with Gasteiger partial charge in [0.25, 0.3) is 5.91 Å². The Balaban J connectivity index is 1.85. The smallest absolute Gasteiger partial charge is 0.308 e. The molecule has 1 aliphatic heterocycles. The Kier molecular flexibility index (Phi) is 4.71. The van der Waals surface area contributed by atoms with Gasteiger partial charge in [0.15, 0.2) is 0 Å². The van der Waals surface area contributed by atoms with Crippen molar-refractivity contribution in [2.45, 2.75) is 19.8 Å². The Morgan fingerprint density at radius 2 is 2.17 bits per heavy atom. The van der Waals surface area contributed by atoms with Crippen molar-refractivity contribution in [2.75, 3.05) is 13.1 Å². The standard InChI is InChI=1S/C17H18BrN3O3/c1-11-15(9-19-21(11)14-6-2-5-13(18)8-14)16(22)20-7-3-4-12(10-20)17(23)24/h2,5-6,8-9,12H,3-4,7,10H2,1H3,(H,23,24). The Labute approximate surface area is 148 Å². The highest BCUT2D eigenvalue weighted by Gasteiger charge is 2.30. The Morgan fingerprint density at radius 3 is 2.88 bits per heavy atom. The van der Waals surface area contributed by atoms with Crippen LogP contribution in [-0.2, 0) is 4.79 Å². The summed E-state index contributed by atoms with van der Waals surface area (Å²) < 4.78 is 2.65. The van der Waals surface area contributed by atoms with Gasteiger partial charge in [0.05, 0.1) is 29.1 Å². The van der Waals surface area contributed by atoms with Crippen LogP contribution in [0.5, 0.6) is 0 Å². The summed E-state index contributed by atoms with van der Waals surface area (Å²) in [4.78, 5) is 25.6. The van der Waals surface area contributed by atoms with E-state index < -0.39 is 11.9 Å². The highest BCUT2D eigenvalue weighted by molar-refractivity contribution is 9.10. The maximum Gasteiger partial charge on any atom is 0.308 e. The molecule has 2 aromatic rings. The zero-order chi connectivity index (χ0) is 17.3. The maximum atomic E-state index is 12.8. The van der Waals surface area contributed by atoms with Gasteiger partial charge < -0.3 is 10.0 Å². The van der Waals surface area contributed by atoms with E-state index in [4.69, 9.17) is 0 Å². The number of aromatic nitrogens is 2. The monoisotopic (exact) mass is 391 g/mol. The average molecular weight is 392 g/mol. The fourth-order valence-corrected chi connectivity index (χ4v) is 3.41. The number of halogens is 1. The van der Waals surface area contributed by atoms with Crippen molar-refractivity contribution in [3.8, 4) is 5.69 Å². The summed E-state index contributed by atoms with van der Waals surface area (Å²) in [6.07, 6.45) is 2.89. The van der Waals surface area contributed by atoms with Crippen LogP contribution in [0, 0.1) is 12.8 Å². The van der Waals surface area contributed by atoms with Gasteiger partial charge in [-0.2, -0.15) is 5.10 Å². The minimum absolute atomic E-state index is 0.153. The average Bonchev–Trinajstić information content (AvgIpc) is 2.96. The van der Waals surface area contributed by atoms with E-state index in [0.29, 0.717) is 24.9 Å². The maximum absolute atomic E-state index is 12.8. The molecular formula is C17H18BrN3O3. The predicted octanol–water partition coefficient (Wildman–Crippen LogP) is 2.88. The minimum atomic E-state index is -0.839. The lowest BCUT2D eigenvalue weighted by Gasteiger charge is -2.30. The fourth-order valence-electron chi connectivity index (χ4n) is 3.02. The molecule has 3 rings (SSSR count). The molecule has 24 heavy (non-hydrogen) atoms. The molecule has 0 bridgehead atoms. The van der Waals surface area contributed by atoms with E-state index in [1.54, 1.807) is 15.8 Å². The molecule has 1 saturated heterocycles. The summed E-state index contributed by atoms with van der Waals surface area (Å²) in [5.41, 5.74) is 2.12. The lowest BCUT2D eigenvalue weighted by atomic mass is 9.98. The number of rotatable bonds is 3. The largest absolute Gasteiger partial charge is 0.481 e. The highest BCUT2D eigenvalue weighted by atomic mass is 79.9. The van der Waals surface area contributed by atoms with Crippen LogP contribution >= 0.6 is 15.9 Å². The van der Waals surface area contributed by atoms with E-state index in [2.05, 4.69) is 21.0 Å². The van der Waals surface area contributed by atoms with Gasteiger partial charge in [0.1, 0.15) is 0 Å². The van der Waals surface area contributed by atoms with Crippen molar-refractivity contribution in [1.29, 1.82) is 0 Å². The van der Waals surface area contributed by atoms with Gasteiger partial charge in [-0.25, -0.2) is 4.68 Å². The number of carboxylic acids is 1. The zero-order valence-corrected chi connectivity index (χ0v) is 14.9. The van der Waals surface area contributed by atoms with Crippen molar-refractivity contribution in [3.63, 3.8) is 0 Å². The Bertz CT molecular complexity index is 787. The summed E-state index contributed by atoms with van der Waals surface area (Å²) >= 11 is 3.43. The van der Waals surface area contributed by atoms with Gasteiger partial charge in [0.2, 0.25) is 0 Å². The van der Waals surface area contributed by atoms with Gasteiger partial charge >= 0.3 is 5.97 Å². The van der Waals surface area contributed by atoms with Crippen molar-refractivity contribution < 1.29 is 14.7 Å². The number of hydrogen-bond donors (Lipinski definition) is 1. The minimum Gasteiger partial charge on any atom is -0.481 e. The molecule has 2 heterocycles. The van der Waals surface area contributed by atoms with Crippen molar-refractivity contribution in [1.82, 2.24) is 14.7 Å². The van der Waals surface area contributed by atoms with Crippen LogP contribution in [0.4, 0.5) is 0 Å². The van der Waals surface area contributed by atoms with E-state index in [1.807, 2.05) is 31.2 Å². The first kappa shape index (κ1) is 16.7. The number of carbonyl (C=O) groups is 2. The van der Waals surface area contributed by atoms with Gasteiger partial charge in [-0.15, -0.1) is 0 Å². The number of hydrogen-bond acceptors (Lipinski definition) is 3. The molecule has 0 spiro atoms. The molecule has 1 atom stereocenters. The highest BCUT2D eigenvalue weighted by Crippen LogP contribution is 2.22. The number of aliphatic carboxylic acids is 1. The molecule has 1 fully saturated rings. The molecule has 1 aliphatic rings. The number of benzene rings is 1. The van der Waals surface area contributed by atoms with Crippen molar-refractivity contribution >= 4 is 27.8 Å². The van der Waals surface area contributed by atoms with E-state index in [-0.39, 0.29) is 12.5 Å². The fraction of sp³-hybridized carbons (Fsp3) is 0.353. The SMILES string of the molecule is Cc1c(C(=O)N2CCCC(C(=O)O)C2)cnn1-c1cccc(Br)c1. The molecule has 0 aliphatic carbocycles. The molecule has 1 aromatic carbocycles. The predicted molar refractivity (Wildman–Crippen MR) is 92.3 cm³/mol. The van der Waals surface area contributed by atoms with Crippen LogP contribution in [0.15, 0.2) is 34.9 Å². The molecule has 1 N–H and O–H groups in total. The number of amides is 1. The molecular weight excluding hydrogens is 374 g/mol. The topological polar surface area (TPSA) is 75.4 Å². The number of likely N-dealkylation sites (tertiary alicyclic amines) is 1. The van der Waals surface area contributed by atoms with E-state index in [0.717, 1.165) is 15.9 Å². The lowest BCUT2D eigenvalue weighted by Crippen LogP contribution is -2.42. The lowest BCUT2D eigenvalue weighted by molar-refractivity contribution is -0.143. The third kappa shape index (κ3) is 3.21. The molecule has 1 aromatic heterocycles. The first-order chi connectivity index (χ1) is 11.5.